The number of fused-ring (bicyclic) bond motifs is 1. The quantitative estimate of drug-likeness (QED) is 0.719. The first kappa shape index (κ1) is 8.31. The minimum Gasteiger partial charge on any atom is -0.508 e. The number of phenols is 1. The molecule has 3 nitrogen and oxygen atoms in total. The number of benzene rings is 1. The molecule has 0 bridgehead atoms. The van der Waals surface area contributed by atoms with E-state index >= 15 is 0 Å². The lowest BCUT2D eigenvalue weighted by Crippen LogP contribution is -1.98. The van der Waals surface area contributed by atoms with Gasteiger partial charge in [0.1, 0.15) is 15.8 Å². The Morgan fingerprint density at radius 3 is 2.85 bits per heavy atom. The summed E-state index contributed by atoms with van der Waals surface area (Å²) in [5.74, 6) is 0.0815. The Hall–Kier alpha value is -1.29. The van der Waals surface area contributed by atoms with Gasteiger partial charge >= 0.3 is 5.63 Å². The molecule has 4 heteroatoms. The highest BCUT2D eigenvalue weighted by molar-refractivity contribution is 9.10. The van der Waals surface area contributed by atoms with Crippen LogP contribution in [0, 0.1) is 0 Å². The van der Waals surface area contributed by atoms with E-state index in [1.165, 1.54) is 12.1 Å². The van der Waals surface area contributed by atoms with E-state index in [0.29, 0.717) is 10.1 Å². The van der Waals surface area contributed by atoms with Crippen LogP contribution in [0.5, 0.6) is 5.75 Å². The minimum absolute atomic E-state index is 0.0815. The maximum absolute atomic E-state index is 11.0. The molecule has 1 aromatic heterocycles. The third kappa shape index (κ3) is 1.45. The zero-order valence-corrected chi connectivity index (χ0v) is 8.04. The summed E-state index contributed by atoms with van der Waals surface area (Å²) in [5.41, 5.74) is -0.0636. The van der Waals surface area contributed by atoms with Gasteiger partial charge in [0, 0.05) is 11.5 Å². The zero-order chi connectivity index (χ0) is 9.42. The molecular formula is C9H5BrO3. The number of rotatable bonds is 0. The summed E-state index contributed by atoms with van der Waals surface area (Å²) < 4.78 is 5.29. The summed E-state index contributed by atoms with van der Waals surface area (Å²) in [4.78, 5) is 11.0. The maximum atomic E-state index is 11.0. The third-order valence-electron chi connectivity index (χ3n) is 1.68. The number of halogens is 1. The fourth-order valence-electron chi connectivity index (χ4n) is 1.07. The molecule has 0 spiro atoms. The van der Waals surface area contributed by atoms with Crippen molar-refractivity contribution in [3.63, 3.8) is 0 Å². The van der Waals surface area contributed by atoms with Crippen LogP contribution in [-0.2, 0) is 0 Å². The van der Waals surface area contributed by atoms with Gasteiger partial charge in [-0.25, -0.2) is 4.79 Å². The average Bonchev–Trinajstić information content (AvgIpc) is 2.08. The van der Waals surface area contributed by atoms with E-state index in [1.54, 1.807) is 12.1 Å². The molecule has 1 heterocycles. The van der Waals surface area contributed by atoms with Gasteiger partial charge in [-0.05, 0) is 34.1 Å². The second-order valence-electron chi connectivity index (χ2n) is 2.60. The maximum Gasteiger partial charge on any atom is 0.350 e. The predicted molar refractivity (Wildman–Crippen MR) is 51.8 cm³/mol. The molecule has 0 saturated carbocycles. The Kier molecular flexibility index (Phi) is 1.84. The van der Waals surface area contributed by atoms with Crippen LogP contribution in [0.1, 0.15) is 0 Å². The van der Waals surface area contributed by atoms with Crippen LogP contribution in [0.4, 0.5) is 0 Å². The first-order chi connectivity index (χ1) is 6.16. The SMILES string of the molecule is O=c1oc2cc(O)ccc2cc1Br. The van der Waals surface area contributed by atoms with Crippen molar-refractivity contribution in [2.75, 3.05) is 0 Å². The van der Waals surface area contributed by atoms with Gasteiger partial charge in [0.25, 0.3) is 0 Å². The van der Waals surface area contributed by atoms with E-state index < -0.39 is 5.63 Å². The molecular weight excluding hydrogens is 236 g/mol. The lowest BCUT2D eigenvalue weighted by molar-refractivity contribution is 0.473. The number of hydrogen-bond acceptors (Lipinski definition) is 3. The second kappa shape index (κ2) is 2.88. The highest BCUT2D eigenvalue weighted by Crippen LogP contribution is 2.20. The molecule has 1 N–H and O–H groups in total. The summed E-state index contributed by atoms with van der Waals surface area (Å²) in [6.07, 6.45) is 0. The van der Waals surface area contributed by atoms with Crippen molar-refractivity contribution < 1.29 is 9.52 Å². The molecule has 1 aromatic carbocycles. The van der Waals surface area contributed by atoms with Crippen LogP contribution in [0.2, 0.25) is 0 Å². The number of hydrogen-bond donors (Lipinski definition) is 1. The van der Waals surface area contributed by atoms with Gasteiger partial charge < -0.3 is 9.52 Å². The Balaban J connectivity index is 2.89. The van der Waals surface area contributed by atoms with E-state index in [-0.39, 0.29) is 5.75 Å². The summed E-state index contributed by atoms with van der Waals surface area (Å²) in [7, 11) is 0. The van der Waals surface area contributed by atoms with Crippen molar-refractivity contribution in [2.45, 2.75) is 0 Å². The van der Waals surface area contributed by atoms with Crippen molar-refractivity contribution >= 4 is 26.9 Å². The summed E-state index contributed by atoms with van der Waals surface area (Å²) in [6, 6.07) is 6.27. The molecule has 0 radical (unpaired) electrons. The normalized spacial score (nSPS) is 10.5. The summed E-state index contributed by atoms with van der Waals surface area (Å²) in [5, 5.41) is 9.88. The van der Waals surface area contributed by atoms with Gasteiger partial charge in [-0.2, -0.15) is 0 Å². The van der Waals surface area contributed by atoms with E-state index in [9.17, 15) is 4.79 Å². The summed E-state index contributed by atoms with van der Waals surface area (Å²) >= 11 is 3.07. The van der Waals surface area contributed by atoms with E-state index in [1.807, 2.05) is 0 Å². The van der Waals surface area contributed by atoms with Crippen molar-refractivity contribution in [2.24, 2.45) is 0 Å². The highest BCUT2D eigenvalue weighted by atomic mass is 79.9. The second-order valence-corrected chi connectivity index (χ2v) is 3.46. The third-order valence-corrected chi connectivity index (χ3v) is 2.23. The van der Waals surface area contributed by atoms with Crippen LogP contribution in [0.3, 0.4) is 0 Å². The Bertz CT molecular complexity index is 516. The molecule has 66 valence electrons. The van der Waals surface area contributed by atoms with Gasteiger partial charge in [0.2, 0.25) is 0 Å². The monoisotopic (exact) mass is 240 g/mol. The van der Waals surface area contributed by atoms with Gasteiger partial charge in [-0.15, -0.1) is 0 Å². The van der Waals surface area contributed by atoms with Gasteiger partial charge in [-0.3, -0.25) is 0 Å². The highest BCUT2D eigenvalue weighted by Gasteiger charge is 2.02. The minimum atomic E-state index is -0.446. The van der Waals surface area contributed by atoms with Crippen molar-refractivity contribution in [3.8, 4) is 5.75 Å². The Labute approximate surface area is 81.7 Å². The van der Waals surface area contributed by atoms with Crippen LogP contribution >= 0.6 is 15.9 Å². The zero-order valence-electron chi connectivity index (χ0n) is 6.45. The lowest BCUT2D eigenvalue weighted by Gasteiger charge is -1.97. The average molecular weight is 241 g/mol. The molecule has 13 heavy (non-hydrogen) atoms. The van der Waals surface area contributed by atoms with Gasteiger partial charge in [-0.1, -0.05) is 0 Å². The summed E-state index contributed by atoms with van der Waals surface area (Å²) in [6.45, 7) is 0. The topological polar surface area (TPSA) is 50.4 Å². The molecule has 0 saturated heterocycles. The van der Waals surface area contributed by atoms with Gasteiger partial charge in [0.05, 0.1) is 0 Å². The fourth-order valence-corrected chi connectivity index (χ4v) is 1.40. The fraction of sp³-hybridized carbons (Fsp3) is 0. The molecule has 0 fully saturated rings. The lowest BCUT2D eigenvalue weighted by atomic mass is 10.2. The van der Waals surface area contributed by atoms with Crippen molar-refractivity contribution in [1.29, 1.82) is 0 Å². The van der Waals surface area contributed by atoms with Crippen molar-refractivity contribution in [3.05, 3.63) is 39.2 Å². The molecule has 0 unspecified atom stereocenters. The van der Waals surface area contributed by atoms with Crippen LogP contribution in [-0.4, -0.2) is 5.11 Å². The molecule has 2 rings (SSSR count). The molecule has 2 aromatic rings. The molecule has 0 aliphatic carbocycles. The van der Waals surface area contributed by atoms with Crippen LogP contribution < -0.4 is 5.63 Å². The predicted octanol–water partition coefficient (Wildman–Crippen LogP) is 2.26. The molecule has 0 amide bonds. The van der Waals surface area contributed by atoms with E-state index in [0.717, 1.165) is 5.39 Å². The van der Waals surface area contributed by atoms with E-state index in [4.69, 9.17) is 9.52 Å². The van der Waals surface area contributed by atoms with Crippen LogP contribution in [0.15, 0.2) is 37.9 Å². The largest absolute Gasteiger partial charge is 0.508 e. The van der Waals surface area contributed by atoms with Crippen LogP contribution in [0.25, 0.3) is 11.0 Å². The first-order valence-electron chi connectivity index (χ1n) is 3.59. The molecule has 0 atom stereocenters. The Morgan fingerprint density at radius 1 is 1.31 bits per heavy atom. The molecule has 0 aliphatic rings. The van der Waals surface area contributed by atoms with Crippen molar-refractivity contribution in [1.82, 2.24) is 0 Å². The molecule has 0 aliphatic heterocycles. The first-order valence-corrected chi connectivity index (χ1v) is 4.38. The standard InChI is InChI=1S/C9H5BrO3/c10-7-3-5-1-2-6(11)4-8(5)13-9(7)12/h1-4,11H. The Morgan fingerprint density at radius 2 is 2.08 bits per heavy atom. The number of phenolic OH excluding ortho intramolecular Hbond substituents is 1. The van der Waals surface area contributed by atoms with Gasteiger partial charge in [0.15, 0.2) is 0 Å². The smallest absolute Gasteiger partial charge is 0.350 e. The van der Waals surface area contributed by atoms with E-state index in [2.05, 4.69) is 15.9 Å². The number of aromatic hydroxyl groups is 1.